The number of rotatable bonds is 7. The topological polar surface area (TPSA) is 78.6 Å². The van der Waals surface area contributed by atoms with Crippen molar-refractivity contribution in [1.82, 2.24) is 9.47 Å². The maximum absolute atomic E-state index is 13.1. The Kier molecular flexibility index (Phi) is 8.15. The minimum absolute atomic E-state index is 0.111. The van der Waals surface area contributed by atoms with Crippen LogP contribution >= 0.6 is 24.0 Å². The summed E-state index contributed by atoms with van der Waals surface area (Å²) < 4.78 is 7.45. The Labute approximate surface area is 199 Å². The molecule has 0 aliphatic carbocycles. The van der Waals surface area contributed by atoms with Crippen LogP contribution in [0.1, 0.15) is 49.8 Å². The number of hydrogen-bond acceptors (Lipinski definition) is 7. The van der Waals surface area contributed by atoms with Crippen molar-refractivity contribution in [3.8, 4) is 6.07 Å². The van der Waals surface area contributed by atoms with Crippen LogP contribution in [0.25, 0.3) is 6.08 Å². The van der Waals surface area contributed by atoms with E-state index in [0.29, 0.717) is 46.9 Å². The molecular weight excluding hydrogens is 444 g/mol. The lowest BCUT2D eigenvalue weighted by molar-refractivity contribution is -0.122. The van der Waals surface area contributed by atoms with E-state index in [4.69, 9.17) is 17.0 Å². The number of hydrogen-bond donors (Lipinski definition) is 0. The van der Waals surface area contributed by atoms with Crippen LogP contribution in [-0.4, -0.2) is 52.5 Å². The molecular formula is C23H30N4O3S2. The first-order valence-electron chi connectivity index (χ1n) is 11.0. The highest BCUT2D eigenvalue weighted by molar-refractivity contribution is 8.26. The summed E-state index contributed by atoms with van der Waals surface area (Å²) in [7, 11) is 1.70. The van der Waals surface area contributed by atoms with Crippen molar-refractivity contribution in [2.45, 2.75) is 40.0 Å². The van der Waals surface area contributed by atoms with Crippen molar-refractivity contribution < 1.29 is 9.53 Å². The fourth-order valence-electron chi connectivity index (χ4n) is 4.27. The van der Waals surface area contributed by atoms with Crippen molar-refractivity contribution in [2.75, 3.05) is 37.7 Å². The monoisotopic (exact) mass is 474 g/mol. The molecule has 0 bridgehead atoms. The van der Waals surface area contributed by atoms with E-state index >= 15 is 0 Å². The summed E-state index contributed by atoms with van der Waals surface area (Å²) in [6.45, 7) is 9.32. The first-order chi connectivity index (χ1) is 15.3. The number of pyridine rings is 1. The highest BCUT2D eigenvalue weighted by Gasteiger charge is 2.33. The molecule has 32 heavy (non-hydrogen) atoms. The average molecular weight is 475 g/mol. The number of amides is 1. The van der Waals surface area contributed by atoms with E-state index in [9.17, 15) is 14.9 Å². The lowest BCUT2D eigenvalue weighted by Gasteiger charge is -2.35. The molecule has 1 amide bonds. The summed E-state index contributed by atoms with van der Waals surface area (Å²) in [5, 5.41) is 9.62. The third-order valence-corrected chi connectivity index (χ3v) is 7.33. The third-order valence-electron chi connectivity index (χ3n) is 5.95. The number of thiocarbonyl (C=S) groups is 1. The predicted octanol–water partition coefficient (Wildman–Crippen LogP) is 3.43. The van der Waals surface area contributed by atoms with E-state index < -0.39 is 0 Å². The molecule has 3 heterocycles. The highest BCUT2D eigenvalue weighted by atomic mass is 32.2. The molecule has 0 spiro atoms. The minimum atomic E-state index is -0.307. The Morgan fingerprint density at radius 3 is 2.78 bits per heavy atom. The van der Waals surface area contributed by atoms with Crippen LogP contribution in [-0.2, 0) is 16.6 Å². The fraction of sp³-hybridized carbons (Fsp3) is 0.565. The van der Waals surface area contributed by atoms with Gasteiger partial charge in [0, 0.05) is 45.5 Å². The summed E-state index contributed by atoms with van der Waals surface area (Å²) in [6.07, 6.45) is 4.71. The zero-order chi connectivity index (χ0) is 23.4. The van der Waals surface area contributed by atoms with Crippen molar-refractivity contribution in [2.24, 2.45) is 13.0 Å². The van der Waals surface area contributed by atoms with Gasteiger partial charge in [-0.25, -0.2) is 0 Å². The van der Waals surface area contributed by atoms with Gasteiger partial charge in [0.15, 0.2) is 0 Å². The number of carbonyl (C=O) groups is 1. The smallest absolute Gasteiger partial charge is 0.270 e. The van der Waals surface area contributed by atoms with Crippen LogP contribution in [0, 0.1) is 24.2 Å². The molecule has 3 rings (SSSR count). The molecule has 2 fully saturated rings. The number of nitrogens with zero attached hydrogens (tertiary/aromatic N) is 4. The Bertz CT molecular complexity index is 1040. The van der Waals surface area contributed by atoms with Gasteiger partial charge in [-0.1, -0.05) is 30.9 Å². The maximum Gasteiger partial charge on any atom is 0.270 e. The van der Waals surface area contributed by atoms with Gasteiger partial charge in [-0.2, -0.15) is 5.26 Å². The average Bonchev–Trinajstić information content (AvgIpc) is 3.02. The number of ether oxygens (including phenoxy) is 1. The fourth-order valence-corrected chi connectivity index (χ4v) is 5.56. The first-order valence-corrected chi connectivity index (χ1v) is 12.2. The molecule has 0 radical (unpaired) electrons. The van der Waals surface area contributed by atoms with E-state index in [-0.39, 0.29) is 17.0 Å². The molecule has 1 unspecified atom stereocenters. The van der Waals surface area contributed by atoms with Crippen LogP contribution in [0.2, 0.25) is 0 Å². The van der Waals surface area contributed by atoms with Gasteiger partial charge in [-0.3, -0.25) is 19.1 Å². The largest absolute Gasteiger partial charge is 0.382 e. The van der Waals surface area contributed by atoms with Gasteiger partial charge in [-0.05, 0) is 50.7 Å². The number of carbonyl (C=O) groups excluding carboxylic acids is 1. The molecule has 9 heteroatoms. The summed E-state index contributed by atoms with van der Waals surface area (Å²) in [6, 6.07) is 2.05. The first kappa shape index (κ1) is 24.5. The van der Waals surface area contributed by atoms with Crippen LogP contribution in [0.3, 0.4) is 0 Å². The van der Waals surface area contributed by atoms with E-state index in [1.165, 1.54) is 11.8 Å². The summed E-state index contributed by atoms with van der Waals surface area (Å²) >= 11 is 6.73. The van der Waals surface area contributed by atoms with Crippen LogP contribution in [0.4, 0.5) is 5.82 Å². The molecule has 2 aliphatic heterocycles. The maximum atomic E-state index is 13.1. The Morgan fingerprint density at radius 1 is 1.38 bits per heavy atom. The molecule has 0 saturated carbocycles. The standard InChI is InChI=1S/C23H30N4O3S2/c1-5-30-11-7-10-27-22(29)19(32-23(27)31)12-17-16(3)18(13-24)21(28)25(4)20(17)26-9-6-8-15(2)14-26/h12,15H,5-11,14H2,1-4H3/b19-12-. The number of thioether (sulfide) groups is 1. The summed E-state index contributed by atoms with van der Waals surface area (Å²) in [5.41, 5.74) is 1.15. The number of nitriles is 1. The summed E-state index contributed by atoms with van der Waals surface area (Å²) in [5.74, 6) is 1.13. The normalized spacial score (nSPS) is 20.3. The van der Waals surface area contributed by atoms with Gasteiger partial charge in [0.2, 0.25) is 0 Å². The molecule has 7 nitrogen and oxygen atoms in total. The van der Waals surface area contributed by atoms with Gasteiger partial charge >= 0.3 is 0 Å². The Hall–Kier alpha value is -2.15. The molecule has 2 saturated heterocycles. The third kappa shape index (κ3) is 4.92. The lowest BCUT2D eigenvalue weighted by atomic mass is 9.98. The Morgan fingerprint density at radius 2 is 2.12 bits per heavy atom. The van der Waals surface area contributed by atoms with E-state index in [2.05, 4.69) is 17.9 Å². The van der Waals surface area contributed by atoms with Crippen LogP contribution in [0.5, 0.6) is 0 Å². The molecule has 2 aliphatic rings. The van der Waals surface area contributed by atoms with Crippen molar-refractivity contribution in [3.05, 3.63) is 31.9 Å². The van der Waals surface area contributed by atoms with Gasteiger partial charge in [0.05, 0.1) is 4.91 Å². The molecule has 1 aromatic rings. The molecule has 1 aromatic heterocycles. The lowest BCUT2D eigenvalue weighted by Crippen LogP contribution is -2.39. The highest BCUT2D eigenvalue weighted by Crippen LogP contribution is 2.36. The quantitative estimate of drug-likeness (QED) is 0.340. The molecule has 1 atom stereocenters. The van der Waals surface area contributed by atoms with E-state index in [0.717, 1.165) is 37.3 Å². The molecule has 172 valence electrons. The van der Waals surface area contributed by atoms with Crippen molar-refractivity contribution in [1.29, 1.82) is 5.26 Å². The van der Waals surface area contributed by atoms with Gasteiger partial charge in [0.25, 0.3) is 11.5 Å². The van der Waals surface area contributed by atoms with E-state index in [1.807, 2.05) is 13.0 Å². The SMILES string of the molecule is CCOCCCN1C(=O)/C(=C/c2c(C)c(C#N)c(=O)n(C)c2N2CCCC(C)C2)SC1=S. The second-order valence-corrected chi connectivity index (χ2v) is 9.97. The number of aromatic nitrogens is 1. The molecule has 0 N–H and O–H groups in total. The van der Waals surface area contributed by atoms with Gasteiger partial charge < -0.3 is 9.64 Å². The second-order valence-electron chi connectivity index (χ2n) is 8.29. The predicted molar refractivity (Wildman–Crippen MR) is 133 cm³/mol. The van der Waals surface area contributed by atoms with E-state index in [1.54, 1.807) is 23.4 Å². The van der Waals surface area contributed by atoms with Crippen LogP contribution in [0.15, 0.2) is 9.70 Å². The van der Waals surface area contributed by atoms with Crippen molar-refractivity contribution >= 4 is 46.1 Å². The zero-order valence-corrected chi connectivity index (χ0v) is 20.8. The van der Waals surface area contributed by atoms with Gasteiger partial charge in [-0.15, -0.1) is 0 Å². The second kappa shape index (κ2) is 10.6. The number of anilines is 1. The zero-order valence-electron chi connectivity index (χ0n) is 19.1. The number of piperidine rings is 1. The minimum Gasteiger partial charge on any atom is -0.382 e. The summed E-state index contributed by atoms with van der Waals surface area (Å²) in [4.78, 5) is 30.3. The Balaban J connectivity index is 2.03. The van der Waals surface area contributed by atoms with Crippen LogP contribution < -0.4 is 10.5 Å². The molecule has 0 aromatic carbocycles. The van der Waals surface area contributed by atoms with Gasteiger partial charge in [0.1, 0.15) is 21.8 Å². The van der Waals surface area contributed by atoms with Crippen molar-refractivity contribution in [3.63, 3.8) is 0 Å².